The number of methoxy groups -OCH3 is 1. The Hall–Kier alpha value is -2.62. The van der Waals surface area contributed by atoms with Gasteiger partial charge in [-0.2, -0.15) is 0 Å². The third-order valence-electron chi connectivity index (χ3n) is 3.60. The normalized spacial score (nSPS) is 17.1. The number of amides is 4. The van der Waals surface area contributed by atoms with Gasteiger partial charge >= 0.3 is 6.09 Å². The first-order valence-electron chi connectivity index (χ1n) is 8.36. The van der Waals surface area contributed by atoms with Crippen molar-refractivity contribution < 1.29 is 28.7 Å². The van der Waals surface area contributed by atoms with Crippen LogP contribution in [0.2, 0.25) is 0 Å². The minimum Gasteiger partial charge on any atom is -0.495 e. The summed E-state index contributed by atoms with van der Waals surface area (Å²) in [5.74, 6) is -1.04. The molecular formula is C17H23N3O6S. The van der Waals surface area contributed by atoms with Crippen LogP contribution in [0.3, 0.4) is 0 Å². The van der Waals surface area contributed by atoms with Crippen molar-refractivity contribution in [1.82, 2.24) is 16.0 Å². The van der Waals surface area contributed by atoms with E-state index in [0.29, 0.717) is 10.6 Å². The highest BCUT2D eigenvalue weighted by Crippen LogP contribution is 2.30. The van der Waals surface area contributed by atoms with E-state index in [1.165, 1.54) is 18.4 Å². The first-order valence-corrected chi connectivity index (χ1v) is 9.24. The lowest BCUT2D eigenvalue weighted by atomic mass is 10.1. The average molecular weight is 397 g/mol. The van der Waals surface area contributed by atoms with E-state index in [0.717, 1.165) is 0 Å². The van der Waals surface area contributed by atoms with E-state index < -0.39 is 29.6 Å². The van der Waals surface area contributed by atoms with Gasteiger partial charge in [0.15, 0.2) is 0 Å². The molecule has 1 unspecified atom stereocenters. The van der Waals surface area contributed by atoms with Crippen molar-refractivity contribution in [1.29, 1.82) is 0 Å². The number of thiophene rings is 1. The quantitative estimate of drug-likeness (QED) is 0.644. The fraction of sp³-hybridized carbons (Fsp3) is 0.529. The second-order valence-corrected chi connectivity index (χ2v) is 7.90. The lowest BCUT2D eigenvalue weighted by molar-refractivity contribution is -0.134. The smallest absolute Gasteiger partial charge is 0.407 e. The predicted octanol–water partition coefficient (Wildman–Crippen LogP) is 1.32. The molecule has 1 aromatic heterocycles. The molecule has 1 aliphatic rings. The molecule has 148 valence electrons. The van der Waals surface area contributed by atoms with Gasteiger partial charge in [-0.05, 0) is 27.2 Å². The summed E-state index contributed by atoms with van der Waals surface area (Å²) in [6.45, 7) is 5.41. The number of piperidine rings is 1. The minimum absolute atomic E-state index is 0.133. The second-order valence-electron chi connectivity index (χ2n) is 6.94. The predicted molar refractivity (Wildman–Crippen MR) is 97.6 cm³/mol. The molecule has 1 atom stereocenters. The molecule has 1 saturated heterocycles. The molecular weight excluding hydrogens is 374 g/mol. The van der Waals surface area contributed by atoms with Crippen LogP contribution in [-0.4, -0.2) is 42.6 Å². The van der Waals surface area contributed by atoms with E-state index in [2.05, 4.69) is 16.0 Å². The molecule has 2 rings (SSSR count). The lowest BCUT2D eigenvalue weighted by Crippen LogP contribution is -2.52. The number of ether oxygens (including phenoxy) is 2. The molecule has 0 saturated carbocycles. The van der Waals surface area contributed by atoms with Crippen molar-refractivity contribution >= 4 is 35.2 Å². The Labute approximate surface area is 160 Å². The van der Waals surface area contributed by atoms with Crippen LogP contribution in [0.15, 0.2) is 5.38 Å². The summed E-state index contributed by atoms with van der Waals surface area (Å²) < 4.78 is 10.5. The van der Waals surface area contributed by atoms with Gasteiger partial charge in [-0.15, -0.1) is 11.3 Å². The van der Waals surface area contributed by atoms with E-state index >= 15 is 0 Å². The van der Waals surface area contributed by atoms with E-state index in [1.54, 1.807) is 26.2 Å². The highest BCUT2D eigenvalue weighted by atomic mass is 32.1. The van der Waals surface area contributed by atoms with Crippen LogP contribution >= 0.6 is 11.3 Å². The molecule has 2 heterocycles. The molecule has 1 aromatic rings. The highest BCUT2D eigenvalue weighted by Gasteiger charge is 2.29. The zero-order chi connectivity index (χ0) is 20.2. The molecule has 0 spiro atoms. The Morgan fingerprint density at radius 3 is 2.63 bits per heavy atom. The van der Waals surface area contributed by atoms with Crippen LogP contribution in [0.25, 0.3) is 0 Å². The Bertz CT molecular complexity index is 752. The molecule has 3 N–H and O–H groups in total. The van der Waals surface area contributed by atoms with Crippen molar-refractivity contribution in [3.63, 3.8) is 0 Å². The van der Waals surface area contributed by atoms with Gasteiger partial charge < -0.3 is 20.1 Å². The summed E-state index contributed by atoms with van der Waals surface area (Å²) >= 11 is 1.24. The molecule has 1 aliphatic heterocycles. The second kappa shape index (κ2) is 8.38. The average Bonchev–Trinajstić information content (AvgIpc) is 2.97. The van der Waals surface area contributed by atoms with Gasteiger partial charge in [0.25, 0.3) is 5.91 Å². The van der Waals surface area contributed by atoms with Gasteiger partial charge in [-0.1, -0.05) is 0 Å². The number of hydrogen-bond donors (Lipinski definition) is 3. The van der Waals surface area contributed by atoms with Gasteiger partial charge in [0.05, 0.1) is 24.1 Å². The van der Waals surface area contributed by atoms with E-state index in [1.807, 2.05) is 0 Å². The summed E-state index contributed by atoms with van der Waals surface area (Å²) in [5.41, 5.74) is -0.357. The Kier molecular flexibility index (Phi) is 6.42. The fourth-order valence-electron chi connectivity index (χ4n) is 2.42. The fourth-order valence-corrected chi connectivity index (χ4v) is 3.35. The molecule has 0 radical (unpaired) electrons. The number of nitrogens with one attached hydrogen (secondary N) is 3. The van der Waals surface area contributed by atoms with Crippen LogP contribution in [0.1, 0.15) is 48.8 Å². The van der Waals surface area contributed by atoms with Gasteiger partial charge in [0, 0.05) is 11.8 Å². The van der Waals surface area contributed by atoms with Gasteiger partial charge in [-0.25, -0.2) is 4.79 Å². The molecule has 0 bridgehead atoms. The molecule has 9 nitrogen and oxygen atoms in total. The highest BCUT2D eigenvalue weighted by molar-refractivity contribution is 7.10. The Morgan fingerprint density at radius 1 is 1.33 bits per heavy atom. The van der Waals surface area contributed by atoms with Crippen molar-refractivity contribution in [2.45, 2.75) is 51.8 Å². The van der Waals surface area contributed by atoms with Crippen molar-refractivity contribution in [3.8, 4) is 5.75 Å². The van der Waals surface area contributed by atoms with E-state index in [-0.39, 0.29) is 30.9 Å². The topological polar surface area (TPSA) is 123 Å². The first kappa shape index (κ1) is 20.7. The van der Waals surface area contributed by atoms with Gasteiger partial charge in [0.2, 0.25) is 11.8 Å². The van der Waals surface area contributed by atoms with Gasteiger partial charge in [-0.3, -0.25) is 19.7 Å². The van der Waals surface area contributed by atoms with Crippen LogP contribution in [0.4, 0.5) is 4.79 Å². The number of hydrogen-bond acceptors (Lipinski definition) is 7. The summed E-state index contributed by atoms with van der Waals surface area (Å²) in [6, 6.07) is -0.775. The molecule has 0 aromatic carbocycles. The van der Waals surface area contributed by atoms with Gasteiger partial charge in [0.1, 0.15) is 17.4 Å². The SMILES string of the molecule is COc1c(C(=O)NC2CCC(=O)NC2=O)csc1CNC(=O)OC(C)(C)C. The molecule has 10 heteroatoms. The third-order valence-corrected chi connectivity index (χ3v) is 4.57. The zero-order valence-corrected chi connectivity index (χ0v) is 16.5. The van der Waals surface area contributed by atoms with Crippen molar-refractivity contribution in [2.75, 3.05) is 7.11 Å². The molecule has 27 heavy (non-hydrogen) atoms. The largest absolute Gasteiger partial charge is 0.495 e. The molecule has 4 amide bonds. The van der Waals surface area contributed by atoms with Crippen LogP contribution in [0.5, 0.6) is 5.75 Å². The van der Waals surface area contributed by atoms with Crippen LogP contribution in [-0.2, 0) is 20.9 Å². The van der Waals surface area contributed by atoms with E-state index in [9.17, 15) is 19.2 Å². The molecule has 1 fully saturated rings. The van der Waals surface area contributed by atoms with Crippen molar-refractivity contribution in [2.24, 2.45) is 0 Å². The number of carbonyl (C=O) groups is 4. The number of carbonyl (C=O) groups excluding carboxylic acids is 4. The maximum atomic E-state index is 12.5. The first-order chi connectivity index (χ1) is 12.6. The van der Waals surface area contributed by atoms with Crippen molar-refractivity contribution in [3.05, 3.63) is 15.8 Å². The zero-order valence-electron chi connectivity index (χ0n) is 15.6. The maximum absolute atomic E-state index is 12.5. The minimum atomic E-state index is -0.775. The summed E-state index contributed by atoms with van der Waals surface area (Å²) in [7, 11) is 1.42. The number of rotatable bonds is 5. The summed E-state index contributed by atoms with van der Waals surface area (Å²) in [5, 5.41) is 8.99. The Morgan fingerprint density at radius 2 is 2.04 bits per heavy atom. The Balaban J connectivity index is 2.02. The van der Waals surface area contributed by atoms with E-state index in [4.69, 9.17) is 9.47 Å². The molecule has 0 aliphatic carbocycles. The lowest BCUT2D eigenvalue weighted by Gasteiger charge is -2.21. The maximum Gasteiger partial charge on any atom is 0.407 e. The van der Waals surface area contributed by atoms with Crippen LogP contribution in [0, 0.1) is 0 Å². The standard InChI is InChI=1S/C17H23N3O6S/c1-17(2,3)26-16(24)18-7-11-13(25-4)9(8-27-11)14(22)19-10-5-6-12(21)20-15(10)23/h8,10H,5-7H2,1-4H3,(H,18,24)(H,19,22)(H,20,21,23). The number of alkyl carbamates (subject to hydrolysis) is 1. The summed E-state index contributed by atoms with van der Waals surface area (Å²) in [6.07, 6.45) is -0.161. The third kappa shape index (κ3) is 5.68. The summed E-state index contributed by atoms with van der Waals surface area (Å²) in [4.78, 5) is 47.9. The van der Waals surface area contributed by atoms with Crippen LogP contribution < -0.4 is 20.7 Å². The monoisotopic (exact) mass is 397 g/mol. The number of imide groups is 1.